The number of furan rings is 2. The summed E-state index contributed by atoms with van der Waals surface area (Å²) in [5.41, 5.74) is -0.0830. The maximum atomic E-state index is 12.7. The lowest BCUT2D eigenvalue weighted by Crippen LogP contribution is -2.25. The van der Waals surface area contributed by atoms with Crippen molar-refractivity contribution < 1.29 is 28.1 Å². The van der Waals surface area contributed by atoms with Gasteiger partial charge in [-0.05, 0) is 30.3 Å². The summed E-state index contributed by atoms with van der Waals surface area (Å²) < 4.78 is 15.8. The number of fused-ring (bicyclic) bond motifs is 1. The number of benzene rings is 1. The van der Waals surface area contributed by atoms with Gasteiger partial charge in [-0.3, -0.25) is 19.7 Å². The summed E-state index contributed by atoms with van der Waals surface area (Å²) in [5.74, 6) is -1.67. The first kappa shape index (κ1) is 16.3. The van der Waals surface area contributed by atoms with Crippen LogP contribution in [-0.4, -0.2) is 16.5 Å². The van der Waals surface area contributed by atoms with Crippen molar-refractivity contribution in [2.75, 3.05) is 5.32 Å². The van der Waals surface area contributed by atoms with Gasteiger partial charge >= 0.3 is 0 Å². The quantitative estimate of drug-likeness (QED) is 0.413. The van der Waals surface area contributed by atoms with E-state index < -0.39 is 16.5 Å². The minimum absolute atomic E-state index is 0.00351. The normalized spacial score (nSPS) is 12.7. The summed E-state index contributed by atoms with van der Waals surface area (Å²) in [6.45, 7) is 0. The Balaban J connectivity index is 1.81. The molecule has 3 heterocycles. The van der Waals surface area contributed by atoms with E-state index in [4.69, 9.17) is 13.6 Å². The van der Waals surface area contributed by atoms with Crippen molar-refractivity contribution in [1.29, 1.82) is 0 Å². The van der Waals surface area contributed by atoms with Gasteiger partial charge in [-0.1, -0.05) is 0 Å². The number of ether oxygens (including phenoxy) is 1. The zero-order valence-electron chi connectivity index (χ0n) is 13.5. The lowest BCUT2D eigenvalue weighted by Gasteiger charge is -2.22. The number of nitrogens with zero attached hydrogens (tertiary/aromatic N) is 1. The lowest BCUT2D eigenvalue weighted by molar-refractivity contribution is -0.384. The number of nitro benzene ring substituents is 1. The number of carbonyl (C=O) groups is 2. The second-order valence-corrected chi connectivity index (χ2v) is 5.48. The molecule has 0 saturated carbocycles. The molecule has 0 aliphatic carbocycles. The van der Waals surface area contributed by atoms with Crippen LogP contribution in [0.3, 0.4) is 0 Å². The molecule has 134 valence electrons. The molecule has 3 aromatic rings. The molecule has 1 aliphatic rings. The number of allylic oxidation sites excluding steroid dienone is 2. The van der Waals surface area contributed by atoms with Crippen LogP contribution < -0.4 is 10.1 Å². The van der Waals surface area contributed by atoms with E-state index in [1.54, 1.807) is 0 Å². The second kappa shape index (κ2) is 6.30. The summed E-state index contributed by atoms with van der Waals surface area (Å²) in [4.78, 5) is 35.9. The maximum absolute atomic E-state index is 12.7. The average Bonchev–Trinajstić information content (AvgIpc) is 3.39. The predicted octanol–water partition coefficient (Wildman–Crippen LogP) is 3.56. The number of nitro groups is 1. The number of hydrogen-bond donors (Lipinski definition) is 1. The molecule has 0 fully saturated rings. The van der Waals surface area contributed by atoms with Crippen molar-refractivity contribution in [3.05, 3.63) is 88.1 Å². The molecular weight excluding hydrogens is 356 g/mol. The summed E-state index contributed by atoms with van der Waals surface area (Å²) in [7, 11) is 0. The fourth-order valence-corrected chi connectivity index (χ4v) is 2.54. The Labute approximate surface area is 151 Å². The first-order valence-electron chi connectivity index (χ1n) is 7.68. The largest absolute Gasteiger partial charge is 0.461 e. The van der Waals surface area contributed by atoms with Gasteiger partial charge in [0.1, 0.15) is 5.70 Å². The molecule has 0 spiro atoms. The van der Waals surface area contributed by atoms with Gasteiger partial charge in [0.2, 0.25) is 11.5 Å². The molecule has 9 heteroatoms. The van der Waals surface area contributed by atoms with Gasteiger partial charge in [0, 0.05) is 6.07 Å². The molecule has 1 aromatic carbocycles. The van der Waals surface area contributed by atoms with Crippen LogP contribution in [0.25, 0.3) is 0 Å². The van der Waals surface area contributed by atoms with E-state index in [2.05, 4.69) is 5.32 Å². The number of carbonyl (C=O) groups excluding carboxylic acids is 2. The number of hydrogen-bond acceptors (Lipinski definition) is 8. The molecule has 0 amide bonds. The lowest BCUT2D eigenvalue weighted by atomic mass is 10.1. The SMILES string of the molecule is O=C(C1=C(C(=O)c2ccco2)Oc2cc([N+](=O)[O-])ccc2N1)c1ccco1. The van der Waals surface area contributed by atoms with Crippen LogP contribution in [0.5, 0.6) is 5.75 Å². The van der Waals surface area contributed by atoms with Crippen LogP contribution in [0, 0.1) is 10.1 Å². The Morgan fingerprint density at radius 3 is 2.22 bits per heavy atom. The molecule has 1 aliphatic heterocycles. The molecule has 0 unspecified atom stereocenters. The first-order valence-corrected chi connectivity index (χ1v) is 7.68. The van der Waals surface area contributed by atoms with Crippen molar-refractivity contribution in [2.45, 2.75) is 0 Å². The number of Topliss-reactive ketones (excluding diaryl/α,β-unsaturated/α-hetero) is 2. The number of anilines is 1. The highest BCUT2D eigenvalue weighted by Crippen LogP contribution is 2.37. The molecule has 9 nitrogen and oxygen atoms in total. The van der Waals surface area contributed by atoms with Crippen molar-refractivity contribution in [3.8, 4) is 5.75 Å². The standard InChI is InChI=1S/C18H10N2O7/c21-16(12-3-1-7-25-12)15-18(17(22)13-4-2-8-26-13)27-14-9-10(20(23)24)5-6-11(14)19-15/h1-9,19H. The number of non-ortho nitro benzene ring substituents is 1. The number of ketones is 2. The fourth-order valence-electron chi connectivity index (χ4n) is 2.54. The van der Waals surface area contributed by atoms with Crippen molar-refractivity contribution >= 4 is 22.9 Å². The van der Waals surface area contributed by atoms with E-state index in [0.29, 0.717) is 5.69 Å². The Kier molecular flexibility index (Phi) is 3.81. The van der Waals surface area contributed by atoms with E-state index in [1.165, 1.54) is 48.9 Å². The van der Waals surface area contributed by atoms with E-state index >= 15 is 0 Å². The minimum Gasteiger partial charge on any atom is -0.461 e. The van der Waals surface area contributed by atoms with Crippen LogP contribution in [-0.2, 0) is 0 Å². The van der Waals surface area contributed by atoms with E-state index in [1.807, 2.05) is 0 Å². The van der Waals surface area contributed by atoms with Gasteiger partial charge < -0.3 is 18.9 Å². The number of nitrogens with one attached hydrogen (secondary N) is 1. The summed E-state index contributed by atoms with van der Waals surface area (Å²) in [5, 5.41) is 13.8. The van der Waals surface area contributed by atoms with Gasteiger partial charge in [-0.15, -0.1) is 0 Å². The Morgan fingerprint density at radius 2 is 1.63 bits per heavy atom. The van der Waals surface area contributed by atoms with Crippen LogP contribution in [0.2, 0.25) is 0 Å². The molecular formula is C18H10N2O7. The molecule has 0 bridgehead atoms. The van der Waals surface area contributed by atoms with Crippen molar-refractivity contribution in [3.63, 3.8) is 0 Å². The molecule has 4 rings (SSSR count). The highest BCUT2D eigenvalue weighted by molar-refractivity contribution is 6.17. The molecule has 2 aromatic heterocycles. The van der Waals surface area contributed by atoms with Gasteiger partial charge in [-0.2, -0.15) is 0 Å². The smallest absolute Gasteiger partial charge is 0.273 e. The van der Waals surface area contributed by atoms with E-state index in [-0.39, 0.29) is 34.4 Å². The Hall–Kier alpha value is -4.14. The minimum atomic E-state index is -0.695. The second-order valence-electron chi connectivity index (χ2n) is 5.48. The van der Waals surface area contributed by atoms with Gasteiger partial charge in [0.25, 0.3) is 11.5 Å². The average molecular weight is 366 g/mol. The van der Waals surface area contributed by atoms with Gasteiger partial charge in [0.15, 0.2) is 17.3 Å². The van der Waals surface area contributed by atoms with Crippen LogP contribution in [0.15, 0.2) is 75.3 Å². The maximum Gasteiger partial charge on any atom is 0.273 e. The Bertz CT molecular complexity index is 1080. The topological polar surface area (TPSA) is 125 Å². The zero-order chi connectivity index (χ0) is 19.0. The highest BCUT2D eigenvalue weighted by atomic mass is 16.6. The van der Waals surface area contributed by atoms with Gasteiger partial charge in [-0.25, -0.2) is 0 Å². The molecule has 0 radical (unpaired) electrons. The highest BCUT2D eigenvalue weighted by Gasteiger charge is 2.33. The zero-order valence-corrected chi connectivity index (χ0v) is 13.5. The van der Waals surface area contributed by atoms with Crippen molar-refractivity contribution in [2.24, 2.45) is 0 Å². The van der Waals surface area contributed by atoms with Crippen LogP contribution in [0.1, 0.15) is 21.1 Å². The molecule has 0 saturated heterocycles. The fraction of sp³-hybridized carbons (Fsp3) is 0. The number of rotatable bonds is 5. The summed E-state index contributed by atoms with van der Waals surface area (Å²) in [6, 6.07) is 9.69. The molecule has 0 atom stereocenters. The van der Waals surface area contributed by atoms with Crippen molar-refractivity contribution in [1.82, 2.24) is 0 Å². The molecule has 1 N–H and O–H groups in total. The van der Waals surface area contributed by atoms with Crippen LogP contribution in [0.4, 0.5) is 11.4 Å². The van der Waals surface area contributed by atoms with E-state index in [9.17, 15) is 19.7 Å². The summed E-state index contributed by atoms with van der Waals surface area (Å²) >= 11 is 0. The predicted molar refractivity (Wildman–Crippen MR) is 90.5 cm³/mol. The third-order valence-electron chi connectivity index (χ3n) is 3.80. The molecule has 27 heavy (non-hydrogen) atoms. The van der Waals surface area contributed by atoms with E-state index in [0.717, 1.165) is 6.07 Å². The van der Waals surface area contributed by atoms with Crippen LogP contribution >= 0.6 is 0 Å². The first-order chi connectivity index (χ1) is 13.0. The Morgan fingerprint density at radius 1 is 0.963 bits per heavy atom. The van der Waals surface area contributed by atoms with Gasteiger partial charge in [0.05, 0.1) is 29.2 Å². The monoisotopic (exact) mass is 366 g/mol. The third-order valence-corrected chi connectivity index (χ3v) is 3.80. The third kappa shape index (κ3) is 2.86. The summed E-state index contributed by atoms with van der Waals surface area (Å²) in [6.07, 6.45) is 2.62.